The first-order chi connectivity index (χ1) is 13.4. The largest absolute Gasteiger partial charge is 0.336 e. The number of hydrogen-bond acceptors (Lipinski definition) is 3. The maximum absolute atomic E-state index is 13.2. The summed E-state index contributed by atoms with van der Waals surface area (Å²) in [6.45, 7) is 6.90. The molecule has 2 amide bonds. The number of nitrogens with one attached hydrogen (secondary N) is 1. The lowest BCUT2D eigenvalue weighted by Crippen LogP contribution is -2.50. The third-order valence-corrected chi connectivity index (χ3v) is 4.96. The van der Waals surface area contributed by atoms with E-state index in [1.807, 2.05) is 34.1 Å². The van der Waals surface area contributed by atoms with E-state index in [1.165, 1.54) is 17.7 Å². The molecule has 0 unspecified atom stereocenters. The van der Waals surface area contributed by atoms with Gasteiger partial charge in [-0.3, -0.25) is 14.5 Å². The second kappa shape index (κ2) is 8.97. The lowest BCUT2D eigenvalue weighted by molar-refractivity contribution is -0.117. The van der Waals surface area contributed by atoms with Crippen LogP contribution in [0, 0.1) is 5.82 Å². The summed E-state index contributed by atoms with van der Waals surface area (Å²) in [4.78, 5) is 28.7. The molecule has 0 radical (unpaired) electrons. The summed E-state index contributed by atoms with van der Waals surface area (Å²) in [6.07, 6.45) is 0. The van der Waals surface area contributed by atoms with Gasteiger partial charge in [0.2, 0.25) is 5.91 Å². The van der Waals surface area contributed by atoms with Gasteiger partial charge in [-0.1, -0.05) is 32.0 Å². The number of amides is 2. The van der Waals surface area contributed by atoms with Crippen molar-refractivity contribution < 1.29 is 14.0 Å². The first-order valence-corrected chi connectivity index (χ1v) is 9.59. The monoisotopic (exact) mass is 383 g/mol. The van der Waals surface area contributed by atoms with Crippen molar-refractivity contribution in [1.82, 2.24) is 9.80 Å². The average Bonchev–Trinajstić information content (AvgIpc) is 2.68. The van der Waals surface area contributed by atoms with E-state index >= 15 is 0 Å². The van der Waals surface area contributed by atoms with Gasteiger partial charge in [-0.15, -0.1) is 0 Å². The van der Waals surface area contributed by atoms with Crippen molar-refractivity contribution >= 4 is 17.5 Å². The zero-order valence-electron chi connectivity index (χ0n) is 16.3. The molecule has 2 aromatic rings. The highest BCUT2D eigenvalue weighted by atomic mass is 19.1. The van der Waals surface area contributed by atoms with Crippen LogP contribution in [0.15, 0.2) is 48.5 Å². The van der Waals surface area contributed by atoms with E-state index in [4.69, 9.17) is 0 Å². The summed E-state index contributed by atoms with van der Waals surface area (Å²) in [5, 5.41) is 2.70. The Morgan fingerprint density at radius 2 is 1.71 bits per heavy atom. The number of piperazine rings is 1. The summed E-state index contributed by atoms with van der Waals surface area (Å²) >= 11 is 0. The van der Waals surface area contributed by atoms with Gasteiger partial charge in [0.05, 0.1) is 6.54 Å². The van der Waals surface area contributed by atoms with Crippen molar-refractivity contribution in [1.29, 1.82) is 0 Å². The van der Waals surface area contributed by atoms with Crippen LogP contribution in [0.2, 0.25) is 0 Å². The maximum Gasteiger partial charge on any atom is 0.253 e. The van der Waals surface area contributed by atoms with Gasteiger partial charge in [-0.2, -0.15) is 0 Å². The van der Waals surface area contributed by atoms with Gasteiger partial charge < -0.3 is 10.2 Å². The zero-order chi connectivity index (χ0) is 20.1. The van der Waals surface area contributed by atoms with E-state index in [0.717, 1.165) is 0 Å². The van der Waals surface area contributed by atoms with E-state index in [9.17, 15) is 14.0 Å². The molecule has 1 fully saturated rings. The Hall–Kier alpha value is -2.73. The van der Waals surface area contributed by atoms with Crippen molar-refractivity contribution in [3.05, 3.63) is 65.5 Å². The van der Waals surface area contributed by atoms with Gasteiger partial charge in [-0.05, 0) is 41.8 Å². The van der Waals surface area contributed by atoms with Gasteiger partial charge in [0, 0.05) is 37.4 Å². The SMILES string of the molecule is CC(C)c1ccc(C(=O)N2CCN(CC(=O)Nc3cccc(F)c3)CC2)cc1. The van der Waals surface area contributed by atoms with Crippen LogP contribution in [0.1, 0.15) is 35.7 Å². The summed E-state index contributed by atoms with van der Waals surface area (Å²) in [5.74, 6) is -0.105. The van der Waals surface area contributed by atoms with E-state index in [1.54, 1.807) is 12.1 Å². The Kier molecular flexibility index (Phi) is 6.41. The Labute approximate surface area is 165 Å². The van der Waals surface area contributed by atoms with Crippen molar-refractivity contribution in [2.45, 2.75) is 19.8 Å². The minimum absolute atomic E-state index is 0.0270. The number of halogens is 1. The first-order valence-electron chi connectivity index (χ1n) is 9.59. The highest BCUT2D eigenvalue weighted by molar-refractivity contribution is 5.94. The average molecular weight is 383 g/mol. The minimum atomic E-state index is -0.383. The molecular formula is C22H26FN3O2. The lowest BCUT2D eigenvalue weighted by Gasteiger charge is -2.34. The molecule has 0 saturated carbocycles. The van der Waals surface area contributed by atoms with E-state index < -0.39 is 0 Å². The molecule has 0 atom stereocenters. The number of anilines is 1. The van der Waals surface area contributed by atoms with Gasteiger partial charge in [0.15, 0.2) is 0 Å². The highest BCUT2D eigenvalue weighted by Gasteiger charge is 2.23. The van der Waals surface area contributed by atoms with Gasteiger partial charge >= 0.3 is 0 Å². The predicted octanol–water partition coefficient (Wildman–Crippen LogP) is 3.35. The number of carbonyl (C=O) groups excluding carboxylic acids is 2. The first kappa shape index (κ1) is 20.0. The Balaban J connectivity index is 1.48. The third kappa shape index (κ3) is 5.16. The predicted molar refractivity (Wildman–Crippen MR) is 108 cm³/mol. The van der Waals surface area contributed by atoms with Gasteiger partial charge in [-0.25, -0.2) is 4.39 Å². The zero-order valence-corrected chi connectivity index (χ0v) is 16.3. The molecule has 0 bridgehead atoms. The standard InChI is InChI=1S/C22H26FN3O2/c1-16(2)17-6-8-18(9-7-17)22(28)26-12-10-25(11-13-26)15-21(27)24-20-5-3-4-19(23)14-20/h3-9,14,16H,10-13,15H2,1-2H3,(H,24,27). The fraction of sp³-hybridized carbons (Fsp3) is 0.364. The van der Waals surface area contributed by atoms with E-state index in [2.05, 4.69) is 19.2 Å². The molecule has 1 saturated heterocycles. The van der Waals surface area contributed by atoms with Crippen molar-refractivity contribution in [3.8, 4) is 0 Å². The number of carbonyl (C=O) groups is 2. The quantitative estimate of drug-likeness (QED) is 0.862. The topological polar surface area (TPSA) is 52.7 Å². The molecule has 1 aliphatic rings. The third-order valence-electron chi connectivity index (χ3n) is 4.96. The molecule has 2 aromatic carbocycles. The summed E-state index contributed by atoms with van der Waals surface area (Å²) in [5.41, 5.74) is 2.36. The number of rotatable bonds is 5. The van der Waals surface area contributed by atoms with E-state index in [-0.39, 0.29) is 24.2 Å². The van der Waals surface area contributed by atoms with Gasteiger partial charge in [0.1, 0.15) is 5.82 Å². The molecule has 0 aromatic heterocycles. The Morgan fingerprint density at radius 3 is 2.32 bits per heavy atom. The fourth-order valence-corrected chi connectivity index (χ4v) is 3.27. The molecular weight excluding hydrogens is 357 g/mol. The Morgan fingerprint density at radius 1 is 1.04 bits per heavy atom. The van der Waals surface area contributed by atoms with Crippen LogP contribution >= 0.6 is 0 Å². The van der Waals surface area contributed by atoms with Crippen molar-refractivity contribution in [2.75, 3.05) is 38.0 Å². The van der Waals surface area contributed by atoms with Crippen LogP contribution in [-0.2, 0) is 4.79 Å². The smallest absolute Gasteiger partial charge is 0.253 e. The molecule has 148 valence electrons. The normalized spacial score (nSPS) is 14.9. The minimum Gasteiger partial charge on any atom is -0.336 e. The molecule has 1 N–H and O–H groups in total. The molecule has 1 aliphatic heterocycles. The molecule has 0 aliphatic carbocycles. The molecule has 28 heavy (non-hydrogen) atoms. The van der Waals surface area contributed by atoms with Crippen LogP contribution in [-0.4, -0.2) is 54.3 Å². The second-order valence-electron chi connectivity index (χ2n) is 7.40. The highest BCUT2D eigenvalue weighted by Crippen LogP contribution is 2.16. The maximum atomic E-state index is 13.2. The van der Waals surface area contributed by atoms with Crippen LogP contribution < -0.4 is 5.32 Å². The molecule has 5 nitrogen and oxygen atoms in total. The van der Waals surface area contributed by atoms with Gasteiger partial charge in [0.25, 0.3) is 5.91 Å². The lowest BCUT2D eigenvalue weighted by atomic mass is 10.0. The summed E-state index contributed by atoms with van der Waals surface area (Å²) in [6, 6.07) is 13.6. The molecule has 1 heterocycles. The summed E-state index contributed by atoms with van der Waals surface area (Å²) < 4.78 is 13.2. The van der Waals surface area contributed by atoms with Crippen LogP contribution in [0.5, 0.6) is 0 Å². The molecule has 6 heteroatoms. The van der Waals surface area contributed by atoms with Crippen LogP contribution in [0.25, 0.3) is 0 Å². The summed E-state index contributed by atoms with van der Waals surface area (Å²) in [7, 11) is 0. The number of nitrogens with zero attached hydrogens (tertiary/aromatic N) is 2. The van der Waals surface area contributed by atoms with Crippen LogP contribution in [0.4, 0.5) is 10.1 Å². The van der Waals surface area contributed by atoms with Crippen LogP contribution in [0.3, 0.4) is 0 Å². The Bertz CT molecular complexity index is 828. The van der Waals surface area contributed by atoms with Crippen molar-refractivity contribution in [2.24, 2.45) is 0 Å². The second-order valence-corrected chi connectivity index (χ2v) is 7.40. The van der Waals surface area contributed by atoms with Crippen molar-refractivity contribution in [3.63, 3.8) is 0 Å². The fourth-order valence-electron chi connectivity index (χ4n) is 3.27. The number of hydrogen-bond donors (Lipinski definition) is 1. The molecule has 0 spiro atoms. The molecule has 3 rings (SSSR count). The number of benzene rings is 2. The van der Waals surface area contributed by atoms with E-state index in [0.29, 0.717) is 43.3 Å².